The summed E-state index contributed by atoms with van der Waals surface area (Å²) in [5, 5.41) is 16.5. The van der Waals surface area contributed by atoms with Crippen LogP contribution in [0.5, 0.6) is 5.75 Å². The molecule has 1 aromatic heterocycles. The molecule has 0 aliphatic carbocycles. The fourth-order valence-electron chi connectivity index (χ4n) is 2.91. The number of aliphatic hydroxyl groups is 1. The van der Waals surface area contributed by atoms with Crippen LogP contribution in [-0.4, -0.2) is 53.6 Å². The largest absolute Gasteiger partial charge is 0.497 e. The van der Waals surface area contributed by atoms with Gasteiger partial charge in [-0.25, -0.2) is 9.48 Å². The van der Waals surface area contributed by atoms with Crippen LogP contribution in [0.4, 0.5) is 0 Å². The van der Waals surface area contributed by atoms with Crippen LogP contribution in [0.25, 0.3) is 16.9 Å². The summed E-state index contributed by atoms with van der Waals surface area (Å²) < 4.78 is 11.5. The number of carbonyl (C=O) groups excluding carboxylic acids is 2. The summed E-state index contributed by atoms with van der Waals surface area (Å²) in [5.74, 6) is -0.679. The number of benzene rings is 2. The summed E-state index contributed by atoms with van der Waals surface area (Å²) in [6.45, 7) is 1.40. The third-order valence-corrected chi connectivity index (χ3v) is 4.57. The molecule has 1 atom stereocenters. The van der Waals surface area contributed by atoms with Crippen molar-refractivity contribution < 1.29 is 24.2 Å². The Morgan fingerprint density at radius 2 is 1.90 bits per heavy atom. The number of methoxy groups -OCH3 is 2. The second-order valence-corrected chi connectivity index (χ2v) is 6.64. The number of aryl methyl sites for hydroxylation is 1. The van der Waals surface area contributed by atoms with Crippen LogP contribution in [-0.2, 0) is 9.53 Å². The lowest BCUT2D eigenvalue weighted by molar-refractivity contribution is -0.143. The molecule has 0 saturated carbocycles. The van der Waals surface area contributed by atoms with Crippen LogP contribution in [0.1, 0.15) is 15.9 Å². The first-order valence-corrected chi connectivity index (χ1v) is 9.27. The molecule has 2 aromatic carbocycles. The van der Waals surface area contributed by atoms with Gasteiger partial charge in [-0.1, -0.05) is 29.8 Å². The number of nitrogens with one attached hydrogen (secondary N) is 1. The molecule has 0 aliphatic rings. The number of aromatic nitrogens is 2. The van der Waals surface area contributed by atoms with Gasteiger partial charge in [-0.3, -0.25) is 4.79 Å². The molecule has 156 valence electrons. The van der Waals surface area contributed by atoms with E-state index in [1.165, 1.54) is 7.11 Å². The lowest BCUT2D eigenvalue weighted by Gasteiger charge is -2.13. The normalized spacial score (nSPS) is 11.6. The molecule has 0 aliphatic heterocycles. The molecule has 30 heavy (non-hydrogen) atoms. The molecule has 0 radical (unpaired) electrons. The standard InChI is InChI=1S/C22H23N3O5/c1-14-7-9-16(10-8-14)25-12-18(21(27)23-19(13-26)22(28)30-3)20(24-25)15-5-4-6-17(11-15)29-2/h4-12,19,26H,13H2,1-3H3,(H,23,27)/t19-/m0/s1. The van der Waals surface area contributed by atoms with E-state index in [1.807, 2.05) is 37.3 Å². The van der Waals surface area contributed by atoms with Crippen molar-refractivity contribution in [1.82, 2.24) is 15.1 Å². The Morgan fingerprint density at radius 1 is 1.17 bits per heavy atom. The molecular formula is C22H23N3O5. The van der Waals surface area contributed by atoms with Gasteiger partial charge in [0.15, 0.2) is 6.04 Å². The number of esters is 1. The molecule has 0 unspecified atom stereocenters. The van der Waals surface area contributed by atoms with Gasteiger partial charge in [0, 0.05) is 11.8 Å². The van der Waals surface area contributed by atoms with Crippen LogP contribution in [0.3, 0.4) is 0 Å². The average molecular weight is 409 g/mol. The SMILES string of the molecule is COC(=O)[C@H](CO)NC(=O)c1cn(-c2ccc(C)cc2)nc1-c1cccc(OC)c1. The Morgan fingerprint density at radius 3 is 2.53 bits per heavy atom. The van der Waals surface area contributed by atoms with Gasteiger partial charge in [-0.15, -0.1) is 0 Å². The summed E-state index contributed by atoms with van der Waals surface area (Å²) in [6.07, 6.45) is 1.58. The van der Waals surface area contributed by atoms with E-state index in [1.54, 1.807) is 36.2 Å². The monoisotopic (exact) mass is 409 g/mol. The molecule has 0 saturated heterocycles. The number of hydrogen-bond acceptors (Lipinski definition) is 6. The molecule has 1 amide bonds. The van der Waals surface area contributed by atoms with Gasteiger partial charge in [0.2, 0.25) is 0 Å². The number of hydrogen-bond donors (Lipinski definition) is 2. The molecule has 2 N–H and O–H groups in total. The third kappa shape index (κ3) is 4.49. The van der Waals surface area contributed by atoms with Gasteiger partial charge >= 0.3 is 5.97 Å². The molecule has 0 bridgehead atoms. The minimum atomic E-state index is -1.18. The Labute approximate surface area is 174 Å². The Kier molecular flexibility index (Phi) is 6.48. The molecule has 0 fully saturated rings. The fraction of sp³-hybridized carbons (Fsp3) is 0.227. The first-order valence-electron chi connectivity index (χ1n) is 9.27. The van der Waals surface area contributed by atoms with E-state index in [0.717, 1.165) is 11.3 Å². The number of rotatable bonds is 7. The van der Waals surface area contributed by atoms with E-state index in [-0.39, 0.29) is 5.56 Å². The predicted molar refractivity (Wildman–Crippen MR) is 111 cm³/mol. The van der Waals surface area contributed by atoms with Crippen LogP contribution in [0, 0.1) is 6.92 Å². The van der Waals surface area contributed by atoms with Crippen molar-refractivity contribution in [2.24, 2.45) is 0 Å². The van der Waals surface area contributed by atoms with E-state index < -0.39 is 24.5 Å². The maximum atomic E-state index is 13.0. The predicted octanol–water partition coefficient (Wildman–Crippen LogP) is 2.12. The highest BCUT2D eigenvalue weighted by molar-refractivity contribution is 6.01. The zero-order chi connectivity index (χ0) is 21.7. The minimum Gasteiger partial charge on any atom is -0.497 e. The molecule has 8 heteroatoms. The average Bonchev–Trinajstić information content (AvgIpc) is 3.23. The Hall–Kier alpha value is -3.65. The highest BCUT2D eigenvalue weighted by Gasteiger charge is 2.25. The first-order chi connectivity index (χ1) is 14.5. The van der Waals surface area contributed by atoms with Gasteiger partial charge in [0.25, 0.3) is 5.91 Å². The van der Waals surface area contributed by atoms with Gasteiger partial charge in [-0.05, 0) is 31.2 Å². The highest BCUT2D eigenvalue weighted by Crippen LogP contribution is 2.27. The van der Waals surface area contributed by atoms with E-state index in [4.69, 9.17) is 4.74 Å². The smallest absolute Gasteiger partial charge is 0.330 e. The summed E-state index contributed by atoms with van der Waals surface area (Å²) >= 11 is 0. The molecule has 0 spiro atoms. The van der Waals surface area contributed by atoms with E-state index in [2.05, 4.69) is 15.2 Å². The zero-order valence-electron chi connectivity index (χ0n) is 17.0. The topological polar surface area (TPSA) is 103 Å². The van der Waals surface area contributed by atoms with Crippen molar-refractivity contribution in [1.29, 1.82) is 0 Å². The van der Waals surface area contributed by atoms with Gasteiger partial charge in [0.1, 0.15) is 11.4 Å². The van der Waals surface area contributed by atoms with Crippen molar-refractivity contribution >= 4 is 11.9 Å². The molecule has 3 rings (SSSR count). The number of nitrogens with zero attached hydrogens (tertiary/aromatic N) is 2. The second-order valence-electron chi connectivity index (χ2n) is 6.64. The molecule has 8 nitrogen and oxygen atoms in total. The van der Waals surface area contributed by atoms with E-state index in [0.29, 0.717) is 17.0 Å². The number of carbonyl (C=O) groups is 2. The van der Waals surface area contributed by atoms with Crippen LogP contribution in [0.2, 0.25) is 0 Å². The highest BCUT2D eigenvalue weighted by atomic mass is 16.5. The first kappa shape index (κ1) is 21.1. The van der Waals surface area contributed by atoms with Crippen LogP contribution in [0.15, 0.2) is 54.7 Å². The fourth-order valence-corrected chi connectivity index (χ4v) is 2.91. The maximum absolute atomic E-state index is 13.0. The summed E-state index contributed by atoms with van der Waals surface area (Å²) in [5.41, 5.74) is 3.19. The Bertz CT molecular complexity index is 1040. The quantitative estimate of drug-likeness (QED) is 0.580. The lowest BCUT2D eigenvalue weighted by Crippen LogP contribution is -2.44. The van der Waals surface area contributed by atoms with Crippen molar-refractivity contribution in [3.05, 3.63) is 65.9 Å². The van der Waals surface area contributed by atoms with Gasteiger partial charge < -0.3 is 19.9 Å². The lowest BCUT2D eigenvalue weighted by atomic mass is 10.1. The molecular weight excluding hydrogens is 386 g/mol. The summed E-state index contributed by atoms with van der Waals surface area (Å²) in [4.78, 5) is 24.7. The number of ether oxygens (including phenoxy) is 2. The van der Waals surface area contributed by atoms with Crippen molar-refractivity contribution in [2.45, 2.75) is 13.0 Å². The number of aliphatic hydroxyl groups excluding tert-OH is 1. The maximum Gasteiger partial charge on any atom is 0.330 e. The molecule has 1 heterocycles. The van der Waals surface area contributed by atoms with Gasteiger partial charge in [0.05, 0.1) is 32.1 Å². The number of amides is 1. The third-order valence-electron chi connectivity index (χ3n) is 4.57. The zero-order valence-corrected chi connectivity index (χ0v) is 17.0. The Balaban J connectivity index is 2.06. The summed E-state index contributed by atoms with van der Waals surface area (Å²) in [7, 11) is 2.74. The summed E-state index contributed by atoms with van der Waals surface area (Å²) in [6, 6.07) is 13.7. The van der Waals surface area contributed by atoms with Gasteiger partial charge in [-0.2, -0.15) is 5.10 Å². The van der Waals surface area contributed by atoms with Crippen LogP contribution >= 0.6 is 0 Å². The van der Waals surface area contributed by atoms with E-state index in [9.17, 15) is 14.7 Å². The van der Waals surface area contributed by atoms with Crippen molar-refractivity contribution in [3.8, 4) is 22.7 Å². The van der Waals surface area contributed by atoms with Crippen molar-refractivity contribution in [3.63, 3.8) is 0 Å². The second kappa shape index (κ2) is 9.23. The van der Waals surface area contributed by atoms with Crippen LogP contribution < -0.4 is 10.1 Å². The van der Waals surface area contributed by atoms with E-state index >= 15 is 0 Å². The van der Waals surface area contributed by atoms with Crippen molar-refractivity contribution in [2.75, 3.05) is 20.8 Å². The molecule has 3 aromatic rings. The minimum absolute atomic E-state index is 0.242.